The topological polar surface area (TPSA) is 35.5 Å². The summed E-state index contributed by atoms with van der Waals surface area (Å²) in [5.74, 6) is 0. The zero-order valence-corrected chi connectivity index (χ0v) is 11.0. The molecular weight excluding hydrogens is 224 g/mol. The molecule has 0 amide bonds. The third-order valence-corrected chi connectivity index (χ3v) is 4.03. The maximum Gasteiger partial charge on any atom is 0.0602 e. The lowest BCUT2D eigenvalue weighted by atomic mass is 10.1. The first-order chi connectivity index (χ1) is 8.78. The van der Waals surface area contributed by atoms with Crippen LogP contribution in [-0.2, 0) is 6.42 Å². The Hall–Kier alpha value is -1.06. The maximum atomic E-state index is 9.51. The second-order valence-corrected chi connectivity index (χ2v) is 5.65. The number of nitrogens with one attached hydrogen (secondary N) is 1. The van der Waals surface area contributed by atoms with Crippen molar-refractivity contribution in [3.63, 3.8) is 0 Å². The van der Waals surface area contributed by atoms with Gasteiger partial charge in [-0.3, -0.25) is 0 Å². The highest BCUT2D eigenvalue weighted by Gasteiger charge is 2.30. The predicted molar refractivity (Wildman–Crippen MR) is 74.0 cm³/mol. The predicted octanol–water partition coefficient (Wildman–Crippen LogP) is 1.55. The van der Waals surface area contributed by atoms with Crippen LogP contribution in [0.15, 0.2) is 24.3 Å². The fourth-order valence-electron chi connectivity index (χ4n) is 2.89. The minimum atomic E-state index is 0.200. The molecule has 0 saturated heterocycles. The van der Waals surface area contributed by atoms with Crippen molar-refractivity contribution in [2.24, 2.45) is 0 Å². The lowest BCUT2D eigenvalue weighted by Crippen LogP contribution is -2.46. The van der Waals surface area contributed by atoms with E-state index in [0.717, 1.165) is 13.0 Å². The van der Waals surface area contributed by atoms with Crippen LogP contribution in [0.3, 0.4) is 0 Å². The molecule has 1 aliphatic carbocycles. The monoisotopic (exact) mass is 246 g/mol. The van der Waals surface area contributed by atoms with Gasteiger partial charge in [-0.2, -0.15) is 0 Å². The molecule has 3 rings (SSSR count). The van der Waals surface area contributed by atoms with Gasteiger partial charge in [-0.15, -0.1) is 0 Å². The number of anilines is 1. The fourth-order valence-corrected chi connectivity index (χ4v) is 2.89. The van der Waals surface area contributed by atoms with E-state index in [0.29, 0.717) is 12.1 Å². The smallest absolute Gasteiger partial charge is 0.0602 e. The molecule has 1 aliphatic heterocycles. The average molecular weight is 246 g/mol. The van der Waals surface area contributed by atoms with Crippen LogP contribution in [0, 0.1) is 0 Å². The van der Waals surface area contributed by atoms with Gasteiger partial charge >= 0.3 is 0 Å². The van der Waals surface area contributed by atoms with E-state index in [1.807, 2.05) is 0 Å². The summed E-state index contributed by atoms with van der Waals surface area (Å²) in [5, 5.41) is 13.0. The van der Waals surface area contributed by atoms with Gasteiger partial charge in [0.2, 0.25) is 0 Å². The van der Waals surface area contributed by atoms with Crippen molar-refractivity contribution in [3.05, 3.63) is 29.8 Å². The molecule has 0 radical (unpaired) electrons. The molecule has 0 spiro atoms. The largest absolute Gasteiger partial charge is 0.395 e. The van der Waals surface area contributed by atoms with Gasteiger partial charge in [0.15, 0.2) is 0 Å². The van der Waals surface area contributed by atoms with E-state index in [1.54, 1.807) is 0 Å². The molecule has 0 bridgehead atoms. The number of fused-ring (bicyclic) bond motifs is 1. The number of benzene rings is 1. The van der Waals surface area contributed by atoms with Crippen molar-refractivity contribution in [2.45, 2.75) is 44.3 Å². The first-order valence-electron chi connectivity index (χ1n) is 6.99. The lowest BCUT2D eigenvalue weighted by Gasteiger charge is -2.29. The van der Waals surface area contributed by atoms with E-state index in [9.17, 15) is 5.11 Å². The Kier molecular flexibility index (Phi) is 3.27. The Balaban J connectivity index is 1.70. The number of nitrogens with zero attached hydrogens (tertiary/aromatic N) is 1. The number of aliphatic hydroxyl groups is 1. The highest BCUT2D eigenvalue weighted by atomic mass is 16.3. The molecule has 3 nitrogen and oxygen atoms in total. The molecule has 3 heteroatoms. The van der Waals surface area contributed by atoms with Crippen molar-refractivity contribution in [2.75, 3.05) is 18.1 Å². The molecule has 1 fully saturated rings. The zero-order valence-electron chi connectivity index (χ0n) is 11.0. The van der Waals surface area contributed by atoms with Gasteiger partial charge in [-0.05, 0) is 37.8 Å². The van der Waals surface area contributed by atoms with Crippen LogP contribution in [0.4, 0.5) is 5.69 Å². The Morgan fingerprint density at radius 3 is 2.89 bits per heavy atom. The van der Waals surface area contributed by atoms with Gasteiger partial charge in [0.05, 0.1) is 6.61 Å². The van der Waals surface area contributed by atoms with Crippen LogP contribution in [0.2, 0.25) is 0 Å². The van der Waals surface area contributed by atoms with Gasteiger partial charge in [0.25, 0.3) is 0 Å². The Morgan fingerprint density at radius 2 is 2.17 bits per heavy atom. The van der Waals surface area contributed by atoms with E-state index in [-0.39, 0.29) is 12.6 Å². The first kappa shape index (κ1) is 12.0. The summed E-state index contributed by atoms with van der Waals surface area (Å²) in [6.07, 6.45) is 3.66. The summed E-state index contributed by atoms with van der Waals surface area (Å²) in [4.78, 5) is 2.44. The summed E-state index contributed by atoms with van der Waals surface area (Å²) >= 11 is 0. The van der Waals surface area contributed by atoms with E-state index in [2.05, 4.69) is 41.4 Å². The molecular formula is C15H22N2O. The number of hydrogen-bond acceptors (Lipinski definition) is 3. The molecule has 18 heavy (non-hydrogen) atoms. The Labute approximate surface area is 109 Å². The third kappa shape index (κ3) is 2.38. The first-order valence-corrected chi connectivity index (χ1v) is 6.99. The standard InChI is InChI=1S/C15H22N2O/c1-11-8-12-4-2-3-5-15(12)17(11)9-14(10-18)16-13-6-7-13/h2-5,11,13-14,16,18H,6-10H2,1H3. The molecule has 2 unspecified atom stereocenters. The highest BCUT2D eigenvalue weighted by molar-refractivity contribution is 5.59. The fraction of sp³-hybridized carbons (Fsp3) is 0.600. The Bertz CT molecular complexity index is 417. The number of aliphatic hydroxyl groups excluding tert-OH is 1. The molecule has 1 aromatic rings. The molecule has 2 atom stereocenters. The van der Waals surface area contributed by atoms with E-state index in [1.165, 1.54) is 24.1 Å². The molecule has 1 saturated carbocycles. The molecule has 1 heterocycles. The minimum Gasteiger partial charge on any atom is -0.395 e. The Morgan fingerprint density at radius 1 is 1.39 bits per heavy atom. The van der Waals surface area contributed by atoms with Crippen molar-refractivity contribution in [3.8, 4) is 0 Å². The van der Waals surface area contributed by atoms with Crippen molar-refractivity contribution >= 4 is 5.69 Å². The van der Waals surface area contributed by atoms with Gasteiger partial charge in [-0.1, -0.05) is 18.2 Å². The van der Waals surface area contributed by atoms with Crippen LogP contribution in [0.25, 0.3) is 0 Å². The van der Waals surface area contributed by atoms with Crippen molar-refractivity contribution in [1.82, 2.24) is 5.32 Å². The zero-order chi connectivity index (χ0) is 12.5. The SMILES string of the molecule is CC1Cc2ccccc2N1CC(CO)NC1CC1. The van der Waals surface area contributed by atoms with E-state index in [4.69, 9.17) is 0 Å². The summed E-state index contributed by atoms with van der Waals surface area (Å²) in [5.41, 5.74) is 2.79. The van der Waals surface area contributed by atoms with Crippen LogP contribution in [0.1, 0.15) is 25.3 Å². The van der Waals surface area contributed by atoms with Crippen LogP contribution >= 0.6 is 0 Å². The van der Waals surface area contributed by atoms with Gasteiger partial charge in [0, 0.05) is 30.4 Å². The number of para-hydroxylation sites is 1. The quantitative estimate of drug-likeness (QED) is 0.827. The van der Waals surface area contributed by atoms with Crippen LogP contribution in [-0.4, -0.2) is 36.4 Å². The van der Waals surface area contributed by atoms with Gasteiger partial charge in [-0.25, -0.2) is 0 Å². The van der Waals surface area contributed by atoms with E-state index < -0.39 is 0 Å². The van der Waals surface area contributed by atoms with E-state index >= 15 is 0 Å². The minimum absolute atomic E-state index is 0.200. The normalized spacial score (nSPS) is 24.1. The maximum absolute atomic E-state index is 9.51. The summed E-state index contributed by atoms with van der Waals surface area (Å²) in [6, 6.07) is 10.0. The summed E-state index contributed by atoms with van der Waals surface area (Å²) in [7, 11) is 0. The molecule has 0 aromatic heterocycles. The molecule has 2 N–H and O–H groups in total. The van der Waals surface area contributed by atoms with Crippen LogP contribution in [0.5, 0.6) is 0 Å². The molecule has 1 aromatic carbocycles. The number of hydrogen-bond donors (Lipinski definition) is 2. The molecule has 2 aliphatic rings. The lowest BCUT2D eigenvalue weighted by molar-refractivity contribution is 0.241. The second-order valence-electron chi connectivity index (χ2n) is 5.65. The summed E-state index contributed by atoms with van der Waals surface area (Å²) < 4.78 is 0. The van der Waals surface area contributed by atoms with Gasteiger partial charge < -0.3 is 15.3 Å². The van der Waals surface area contributed by atoms with Gasteiger partial charge in [0.1, 0.15) is 0 Å². The second kappa shape index (κ2) is 4.90. The average Bonchev–Trinajstić information content (AvgIpc) is 3.13. The van der Waals surface area contributed by atoms with Crippen molar-refractivity contribution < 1.29 is 5.11 Å². The van der Waals surface area contributed by atoms with Crippen LogP contribution < -0.4 is 10.2 Å². The van der Waals surface area contributed by atoms with Crippen molar-refractivity contribution in [1.29, 1.82) is 0 Å². The number of rotatable bonds is 5. The third-order valence-electron chi connectivity index (χ3n) is 4.03. The highest BCUT2D eigenvalue weighted by Crippen LogP contribution is 2.32. The summed E-state index contributed by atoms with van der Waals surface area (Å²) in [6.45, 7) is 3.40. The molecule has 98 valence electrons.